The van der Waals surface area contributed by atoms with Crippen molar-refractivity contribution < 1.29 is 19.1 Å². The van der Waals surface area contributed by atoms with Gasteiger partial charge in [0.05, 0.1) is 25.0 Å². The Balaban J connectivity index is 2.13. The summed E-state index contributed by atoms with van der Waals surface area (Å²) in [6.07, 6.45) is 18.0. The summed E-state index contributed by atoms with van der Waals surface area (Å²) in [4.78, 5) is 25.1. The Morgan fingerprint density at radius 1 is 0.556 bits per heavy atom. The fourth-order valence-corrected chi connectivity index (χ4v) is 5.66. The fourth-order valence-electron chi connectivity index (χ4n) is 5.66. The van der Waals surface area contributed by atoms with E-state index in [1.165, 1.54) is 64.2 Å². The van der Waals surface area contributed by atoms with Crippen molar-refractivity contribution in [2.24, 2.45) is 35.5 Å². The quantitative estimate of drug-likeness (QED) is 0.121. The highest BCUT2D eigenvalue weighted by Gasteiger charge is 2.32. The smallest absolute Gasteiger partial charge is 0.308 e. The lowest BCUT2D eigenvalue weighted by molar-refractivity contribution is -0.156. The molecule has 0 spiro atoms. The number of ether oxygens (including phenoxy) is 2. The Labute approximate surface area is 224 Å². The van der Waals surface area contributed by atoms with Crippen molar-refractivity contribution in [1.82, 2.24) is 0 Å². The lowest BCUT2D eigenvalue weighted by atomic mass is 9.82. The van der Waals surface area contributed by atoms with Crippen molar-refractivity contribution in [3.05, 3.63) is 0 Å². The molecule has 1 rings (SSSR count). The van der Waals surface area contributed by atoms with Gasteiger partial charge in [-0.3, -0.25) is 9.59 Å². The Morgan fingerprint density at radius 2 is 0.861 bits per heavy atom. The van der Waals surface area contributed by atoms with Crippen LogP contribution in [0.4, 0.5) is 0 Å². The molecule has 0 radical (unpaired) electrons. The van der Waals surface area contributed by atoms with Crippen molar-refractivity contribution in [3.63, 3.8) is 0 Å². The molecule has 1 saturated carbocycles. The molecular weight excluding hydrogens is 448 g/mol. The monoisotopic (exact) mass is 508 g/mol. The van der Waals surface area contributed by atoms with Crippen LogP contribution < -0.4 is 0 Å². The van der Waals surface area contributed by atoms with E-state index in [-0.39, 0.29) is 23.8 Å². The first-order chi connectivity index (χ1) is 17.3. The molecule has 0 bridgehead atoms. The van der Waals surface area contributed by atoms with Gasteiger partial charge in [0.15, 0.2) is 0 Å². The summed E-state index contributed by atoms with van der Waals surface area (Å²) in [5, 5.41) is 0. The zero-order valence-electron chi connectivity index (χ0n) is 24.8. The van der Waals surface area contributed by atoms with Crippen LogP contribution in [0.25, 0.3) is 0 Å². The summed E-state index contributed by atoms with van der Waals surface area (Å²) >= 11 is 0. The molecule has 4 nitrogen and oxygen atoms in total. The van der Waals surface area contributed by atoms with Gasteiger partial charge < -0.3 is 9.47 Å². The lowest BCUT2D eigenvalue weighted by Crippen LogP contribution is -2.29. The highest BCUT2D eigenvalue weighted by Crippen LogP contribution is 2.31. The molecule has 36 heavy (non-hydrogen) atoms. The van der Waals surface area contributed by atoms with Gasteiger partial charge in [0.25, 0.3) is 0 Å². The lowest BCUT2D eigenvalue weighted by Gasteiger charge is -2.26. The Kier molecular flexibility index (Phi) is 18.3. The first kappa shape index (κ1) is 33.0. The fraction of sp³-hybridized carbons (Fsp3) is 0.938. The Hall–Kier alpha value is -1.06. The van der Waals surface area contributed by atoms with Gasteiger partial charge in [0.2, 0.25) is 0 Å². The molecule has 0 aromatic heterocycles. The van der Waals surface area contributed by atoms with Crippen LogP contribution in [0, 0.1) is 35.5 Å². The second-order valence-corrected chi connectivity index (χ2v) is 12.4. The molecule has 0 aromatic rings. The summed E-state index contributed by atoms with van der Waals surface area (Å²) < 4.78 is 11.3. The van der Waals surface area contributed by atoms with E-state index in [1.807, 2.05) is 0 Å². The molecule has 0 aliphatic heterocycles. The zero-order valence-corrected chi connectivity index (χ0v) is 24.8. The molecule has 0 saturated heterocycles. The Bertz CT molecular complexity index is 517. The van der Waals surface area contributed by atoms with Gasteiger partial charge in [-0.15, -0.1) is 0 Å². The van der Waals surface area contributed by atoms with Gasteiger partial charge in [-0.1, -0.05) is 106 Å². The van der Waals surface area contributed by atoms with Gasteiger partial charge in [0.1, 0.15) is 0 Å². The number of hydrogen-bond acceptors (Lipinski definition) is 4. The van der Waals surface area contributed by atoms with Crippen molar-refractivity contribution in [2.45, 2.75) is 144 Å². The maximum Gasteiger partial charge on any atom is 0.308 e. The molecule has 4 atom stereocenters. The van der Waals surface area contributed by atoms with Crippen LogP contribution in [0.1, 0.15) is 144 Å². The van der Waals surface area contributed by atoms with Gasteiger partial charge in [-0.05, 0) is 62.2 Å². The average molecular weight is 509 g/mol. The van der Waals surface area contributed by atoms with Crippen LogP contribution in [0.15, 0.2) is 0 Å². The molecule has 1 fully saturated rings. The number of unbranched alkanes of at least 4 members (excludes halogenated alkanes) is 2. The first-order valence-electron chi connectivity index (χ1n) is 15.6. The summed E-state index contributed by atoms with van der Waals surface area (Å²) in [7, 11) is 0. The summed E-state index contributed by atoms with van der Waals surface area (Å²) in [5.41, 5.74) is 0. The van der Waals surface area contributed by atoms with Gasteiger partial charge in [-0.2, -0.15) is 0 Å². The molecule has 0 heterocycles. The van der Waals surface area contributed by atoms with Crippen LogP contribution in [-0.4, -0.2) is 25.2 Å². The normalized spacial score (nSPS) is 21.4. The number of carbonyl (C=O) groups is 2. The van der Waals surface area contributed by atoms with Crippen molar-refractivity contribution in [1.29, 1.82) is 0 Å². The minimum absolute atomic E-state index is 0.0508. The molecule has 1 aliphatic carbocycles. The van der Waals surface area contributed by atoms with Gasteiger partial charge in [-0.25, -0.2) is 0 Å². The number of hydrogen-bond donors (Lipinski definition) is 0. The van der Waals surface area contributed by atoms with E-state index in [1.54, 1.807) is 0 Å². The number of esters is 2. The van der Waals surface area contributed by atoms with Gasteiger partial charge >= 0.3 is 11.9 Å². The van der Waals surface area contributed by atoms with Crippen molar-refractivity contribution in [3.8, 4) is 0 Å². The molecule has 212 valence electrons. The Morgan fingerprint density at radius 3 is 1.17 bits per heavy atom. The van der Waals surface area contributed by atoms with E-state index >= 15 is 0 Å². The highest BCUT2D eigenvalue weighted by molar-refractivity contribution is 5.75. The minimum atomic E-state index is -0.0629. The van der Waals surface area contributed by atoms with Crippen molar-refractivity contribution in [2.75, 3.05) is 13.2 Å². The highest BCUT2D eigenvalue weighted by atomic mass is 16.5. The van der Waals surface area contributed by atoms with E-state index in [0.29, 0.717) is 25.0 Å². The maximum absolute atomic E-state index is 12.6. The molecular formula is C32H60O4. The minimum Gasteiger partial charge on any atom is -0.465 e. The standard InChI is InChI=1S/C32H60O4/c1-7-13-25(3)15-9-11-17-27(5)23-35-31(33)29-19-21-30(22-20-29)32(34)36-24-28(6)18-12-10-16-26(4)14-8-2/h25-30H,7-24H2,1-6H3. The van der Waals surface area contributed by atoms with E-state index in [2.05, 4.69) is 41.5 Å². The van der Waals surface area contributed by atoms with Gasteiger partial charge in [0, 0.05) is 0 Å². The summed E-state index contributed by atoms with van der Waals surface area (Å²) in [6, 6.07) is 0. The second-order valence-electron chi connectivity index (χ2n) is 12.4. The summed E-state index contributed by atoms with van der Waals surface area (Å²) in [6.45, 7) is 14.6. The van der Waals surface area contributed by atoms with E-state index in [0.717, 1.165) is 50.4 Å². The second kappa shape index (κ2) is 20.0. The largest absolute Gasteiger partial charge is 0.465 e. The SMILES string of the molecule is CCCC(C)CCCCC(C)COC(=O)C1CCC(C(=O)OCC(C)CCCCC(C)CCC)CC1. The molecule has 4 unspecified atom stereocenters. The maximum atomic E-state index is 12.6. The predicted octanol–water partition coefficient (Wildman–Crippen LogP) is 9.14. The van der Waals surface area contributed by atoms with E-state index < -0.39 is 0 Å². The van der Waals surface area contributed by atoms with Crippen LogP contribution >= 0.6 is 0 Å². The predicted molar refractivity (Wildman–Crippen MR) is 151 cm³/mol. The van der Waals surface area contributed by atoms with E-state index in [9.17, 15) is 9.59 Å². The van der Waals surface area contributed by atoms with Crippen molar-refractivity contribution >= 4 is 11.9 Å². The zero-order chi connectivity index (χ0) is 26.8. The van der Waals surface area contributed by atoms with E-state index in [4.69, 9.17) is 9.47 Å². The van der Waals surface area contributed by atoms with Crippen LogP contribution in [-0.2, 0) is 19.1 Å². The molecule has 4 heteroatoms. The molecule has 0 amide bonds. The third kappa shape index (κ3) is 15.3. The van der Waals surface area contributed by atoms with Crippen LogP contribution in [0.3, 0.4) is 0 Å². The number of carbonyl (C=O) groups excluding carboxylic acids is 2. The molecule has 0 aromatic carbocycles. The number of rotatable bonds is 20. The third-order valence-corrected chi connectivity index (χ3v) is 8.26. The molecule has 1 aliphatic rings. The first-order valence-corrected chi connectivity index (χ1v) is 15.6. The molecule has 0 N–H and O–H groups in total. The van der Waals surface area contributed by atoms with Crippen LogP contribution in [0.2, 0.25) is 0 Å². The third-order valence-electron chi connectivity index (χ3n) is 8.26. The topological polar surface area (TPSA) is 52.6 Å². The average Bonchev–Trinajstić information content (AvgIpc) is 2.86. The summed E-state index contributed by atoms with van der Waals surface area (Å²) in [5.74, 6) is 2.27. The van der Waals surface area contributed by atoms with Crippen LogP contribution in [0.5, 0.6) is 0 Å².